The Kier molecular flexibility index (Phi) is 7.12. The van der Waals surface area contributed by atoms with Crippen LogP contribution >= 0.6 is 0 Å². The Labute approximate surface area is 105 Å². The fourth-order valence-electron chi connectivity index (χ4n) is 1.75. The molecule has 0 radical (unpaired) electrons. The van der Waals surface area contributed by atoms with Gasteiger partial charge in [-0.15, -0.1) is 0 Å². The molecular weight excluding hydrogens is 216 g/mol. The first kappa shape index (κ1) is 16.2. The highest BCUT2D eigenvalue weighted by Crippen LogP contribution is 2.22. The van der Waals surface area contributed by atoms with Gasteiger partial charge in [0.15, 0.2) is 0 Å². The van der Waals surface area contributed by atoms with E-state index in [9.17, 15) is 4.79 Å². The molecule has 17 heavy (non-hydrogen) atoms. The Morgan fingerprint density at radius 2 is 2.00 bits per heavy atom. The van der Waals surface area contributed by atoms with Crippen LogP contribution in [0.2, 0.25) is 0 Å². The highest BCUT2D eigenvalue weighted by Gasteiger charge is 2.15. The summed E-state index contributed by atoms with van der Waals surface area (Å²) < 4.78 is 4.83. The lowest BCUT2D eigenvalue weighted by molar-refractivity contribution is -0.148. The molecule has 0 aliphatic heterocycles. The number of carbonyl (C=O) groups excluding carboxylic acids is 1. The summed E-state index contributed by atoms with van der Waals surface area (Å²) in [5, 5.41) is 9.08. The molecule has 0 saturated heterocycles. The van der Waals surface area contributed by atoms with Crippen molar-refractivity contribution in [1.29, 1.82) is 0 Å². The van der Waals surface area contributed by atoms with Gasteiger partial charge in [0.1, 0.15) is 5.60 Å². The third-order valence-corrected chi connectivity index (χ3v) is 2.48. The predicted octanol–water partition coefficient (Wildman–Crippen LogP) is 3.07. The summed E-state index contributed by atoms with van der Waals surface area (Å²) in [6.07, 6.45) is 5.77. The average molecular weight is 242 g/mol. The summed E-state index contributed by atoms with van der Waals surface area (Å²) in [6, 6.07) is 0. The maximum Gasteiger partial charge on any atom is 0.330 e. The highest BCUT2D eigenvalue weighted by molar-refractivity contribution is 5.81. The Hall–Kier alpha value is -0.830. The number of hydrogen-bond acceptors (Lipinski definition) is 3. The highest BCUT2D eigenvalue weighted by atomic mass is 16.6. The minimum Gasteiger partial charge on any atom is -0.457 e. The van der Waals surface area contributed by atoms with Crippen LogP contribution in [0.4, 0.5) is 0 Å². The molecule has 1 saturated carbocycles. The van der Waals surface area contributed by atoms with Crippen molar-refractivity contribution >= 4 is 5.97 Å². The molecule has 1 rings (SSSR count). The maximum absolute atomic E-state index is 10.5. The molecule has 2 unspecified atom stereocenters. The second kappa shape index (κ2) is 7.49. The maximum atomic E-state index is 10.5. The molecule has 2 atom stereocenters. The van der Waals surface area contributed by atoms with E-state index in [1.807, 2.05) is 20.8 Å². The quantitative estimate of drug-likeness (QED) is 0.568. The number of rotatable bonds is 1. The van der Waals surface area contributed by atoms with Crippen LogP contribution in [0.1, 0.15) is 53.4 Å². The van der Waals surface area contributed by atoms with E-state index in [2.05, 4.69) is 13.5 Å². The van der Waals surface area contributed by atoms with Gasteiger partial charge in [0.2, 0.25) is 0 Å². The number of hydrogen-bond donors (Lipinski definition) is 1. The van der Waals surface area contributed by atoms with Gasteiger partial charge >= 0.3 is 5.97 Å². The van der Waals surface area contributed by atoms with E-state index in [1.54, 1.807) is 0 Å². The van der Waals surface area contributed by atoms with Crippen LogP contribution in [0.25, 0.3) is 0 Å². The first-order valence-electron chi connectivity index (χ1n) is 6.28. The first-order chi connectivity index (χ1) is 7.74. The van der Waals surface area contributed by atoms with Crippen molar-refractivity contribution in [1.82, 2.24) is 0 Å². The fourth-order valence-corrected chi connectivity index (χ4v) is 1.75. The molecule has 0 spiro atoms. The largest absolute Gasteiger partial charge is 0.457 e. The van der Waals surface area contributed by atoms with Gasteiger partial charge in [-0.25, -0.2) is 4.79 Å². The zero-order chi connectivity index (χ0) is 13.5. The summed E-state index contributed by atoms with van der Waals surface area (Å²) in [7, 11) is 0. The van der Waals surface area contributed by atoms with E-state index in [-0.39, 0.29) is 12.1 Å². The van der Waals surface area contributed by atoms with Crippen molar-refractivity contribution < 1.29 is 14.6 Å². The molecule has 0 aromatic rings. The zero-order valence-electron chi connectivity index (χ0n) is 11.5. The molecule has 100 valence electrons. The summed E-state index contributed by atoms with van der Waals surface area (Å²) in [5.74, 6) is 0.390. The van der Waals surface area contributed by atoms with Crippen LogP contribution < -0.4 is 0 Å². The third kappa shape index (κ3) is 10.1. The Balaban J connectivity index is 0.000000302. The van der Waals surface area contributed by atoms with Crippen LogP contribution in [0.5, 0.6) is 0 Å². The van der Waals surface area contributed by atoms with Crippen molar-refractivity contribution in [3.05, 3.63) is 12.7 Å². The Bertz CT molecular complexity index is 232. The van der Waals surface area contributed by atoms with Crippen molar-refractivity contribution in [2.45, 2.75) is 65.1 Å². The van der Waals surface area contributed by atoms with Gasteiger partial charge in [0.25, 0.3) is 0 Å². The topological polar surface area (TPSA) is 46.5 Å². The summed E-state index contributed by atoms with van der Waals surface area (Å²) in [6.45, 7) is 10.9. The number of carbonyl (C=O) groups is 1. The minimum atomic E-state index is -0.398. The minimum absolute atomic E-state index is 0.0127. The van der Waals surface area contributed by atoms with Gasteiger partial charge in [-0.1, -0.05) is 26.3 Å². The van der Waals surface area contributed by atoms with Gasteiger partial charge in [0, 0.05) is 6.08 Å². The van der Waals surface area contributed by atoms with E-state index in [1.165, 1.54) is 12.8 Å². The fraction of sp³-hybridized carbons (Fsp3) is 0.786. The third-order valence-electron chi connectivity index (χ3n) is 2.48. The van der Waals surface area contributed by atoms with Crippen molar-refractivity contribution in [2.24, 2.45) is 5.92 Å². The van der Waals surface area contributed by atoms with Gasteiger partial charge in [-0.05, 0) is 39.5 Å². The number of esters is 1. The lowest BCUT2D eigenvalue weighted by Crippen LogP contribution is -2.22. The zero-order valence-corrected chi connectivity index (χ0v) is 11.5. The number of ether oxygens (including phenoxy) is 1. The molecule has 1 fully saturated rings. The van der Waals surface area contributed by atoms with Crippen LogP contribution in [0.15, 0.2) is 12.7 Å². The Morgan fingerprint density at radius 1 is 1.41 bits per heavy atom. The molecule has 0 amide bonds. The molecular formula is C14H26O3. The predicted molar refractivity (Wildman–Crippen MR) is 69.7 cm³/mol. The van der Waals surface area contributed by atoms with Gasteiger partial charge < -0.3 is 9.84 Å². The molecule has 3 heteroatoms. The van der Waals surface area contributed by atoms with Gasteiger partial charge in [-0.2, -0.15) is 0 Å². The Morgan fingerprint density at radius 3 is 2.24 bits per heavy atom. The van der Waals surface area contributed by atoms with Crippen molar-refractivity contribution in [3.8, 4) is 0 Å². The van der Waals surface area contributed by atoms with Crippen molar-refractivity contribution in [2.75, 3.05) is 0 Å². The van der Waals surface area contributed by atoms with Gasteiger partial charge in [0.05, 0.1) is 6.10 Å². The second-order valence-corrected chi connectivity index (χ2v) is 5.66. The summed E-state index contributed by atoms with van der Waals surface area (Å²) >= 11 is 0. The van der Waals surface area contributed by atoms with E-state index < -0.39 is 5.60 Å². The number of aliphatic hydroxyl groups is 1. The molecule has 3 nitrogen and oxygen atoms in total. The lowest BCUT2D eigenvalue weighted by atomic mass is 9.89. The molecule has 0 bridgehead atoms. The van der Waals surface area contributed by atoms with Gasteiger partial charge in [-0.3, -0.25) is 0 Å². The monoisotopic (exact) mass is 242 g/mol. The number of aliphatic hydroxyl groups excluding tert-OH is 1. The molecule has 1 aliphatic rings. The lowest BCUT2D eigenvalue weighted by Gasteiger charge is -2.21. The summed E-state index contributed by atoms with van der Waals surface area (Å²) in [4.78, 5) is 10.5. The SMILES string of the molecule is C=CC(=O)OC(C)(C)C.CC1CCCC(O)C1. The molecule has 1 aliphatic carbocycles. The van der Waals surface area contributed by atoms with Crippen LogP contribution in [-0.4, -0.2) is 22.8 Å². The smallest absolute Gasteiger partial charge is 0.330 e. The van der Waals surface area contributed by atoms with E-state index in [0.717, 1.165) is 24.8 Å². The molecule has 0 aromatic carbocycles. The normalized spacial score (nSPS) is 24.3. The standard InChI is InChI=1S/C7H12O2.C7H14O/c1-5-6(8)9-7(2,3)4;1-6-3-2-4-7(8)5-6/h5H,1H2,2-4H3;6-8H,2-5H2,1H3. The molecule has 0 heterocycles. The second-order valence-electron chi connectivity index (χ2n) is 5.66. The van der Waals surface area contributed by atoms with E-state index >= 15 is 0 Å². The van der Waals surface area contributed by atoms with Crippen LogP contribution in [-0.2, 0) is 9.53 Å². The van der Waals surface area contributed by atoms with E-state index in [4.69, 9.17) is 9.84 Å². The molecule has 1 N–H and O–H groups in total. The molecule has 0 aromatic heterocycles. The van der Waals surface area contributed by atoms with Crippen molar-refractivity contribution in [3.63, 3.8) is 0 Å². The van der Waals surface area contributed by atoms with Crippen LogP contribution in [0, 0.1) is 5.92 Å². The van der Waals surface area contributed by atoms with Crippen LogP contribution in [0.3, 0.4) is 0 Å². The first-order valence-corrected chi connectivity index (χ1v) is 6.28. The average Bonchev–Trinajstić information content (AvgIpc) is 2.15. The summed E-state index contributed by atoms with van der Waals surface area (Å²) in [5.41, 5.74) is -0.398. The van der Waals surface area contributed by atoms with E-state index in [0.29, 0.717) is 0 Å².